The molecule has 1 saturated heterocycles. The lowest BCUT2D eigenvalue weighted by molar-refractivity contribution is 0.128. The molecule has 0 spiro atoms. The summed E-state index contributed by atoms with van der Waals surface area (Å²) in [6.45, 7) is 3.77. The van der Waals surface area contributed by atoms with Crippen LogP contribution in [0.5, 0.6) is 11.5 Å². The van der Waals surface area contributed by atoms with Crippen LogP contribution in [-0.2, 0) is 11.3 Å². The number of phenols is 1. The van der Waals surface area contributed by atoms with Gasteiger partial charge in [-0.1, -0.05) is 6.07 Å². The number of aromatic hydroxyl groups is 1. The van der Waals surface area contributed by atoms with E-state index in [1.54, 1.807) is 6.07 Å². The smallest absolute Gasteiger partial charge is 0.170 e. The molecule has 1 unspecified atom stereocenters. The van der Waals surface area contributed by atoms with Gasteiger partial charge in [0.05, 0.1) is 18.9 Å². The van der Waals surface area contributed by atoms with Gasteiger partial charge in [-0.05, 0) is 67.8 Å². The Kier molecular flexibility index (Phi) is 4.82. The van der Waals surface area contributed by atoms with Crippen molar-refractivity contribution in [3.8, 4) is 22.8 Å². The number of nitrogens with zero attached hydrogens (tertiary/aromatic N) is 1. The number of pyridine rings is 1. The normalized spacial score (nSPS) is 21.6. The Labute approximate surface area is 165 Å². The Morgan fingerprint density at radius 3 is 3.00 bits per heavy atom. The molecule has 2 aromatic rings. The molecule has 0 amide bonds. The number of rotatable bonds is 5. The molecule has 1 saturated carbocycles. The summed E-state index contributed by atoms with van der Waals surface area (Å²) in [5.41, 5.74) is 4.14. The Balaban J connectivity index is 1.57. The molecule has 5 rings (SSSR count). The predicted molar refractivity (Wildman–Crippen MR) is 108 cm³/mol. The highest BCUT2D eigenvalue weighted by Gasteiger charge is 2.26. The molecule has 1 aromatic heterocycles. The van der Waals surface area contributed by atoms with Crippen LogP contribution in [0, 0.1) is 5.92 Å². The topological polar surface area (TPSA) is 75.6 Å². The summed E-state index contributed by atoms with van der Waals surface area (Å²) >= 11 is 0. The Bertz CT molecular complexity index is 860. The molecule has 28 heavy (non-hydrogen) atoms. The minimum absolute atomic E-state index is 0.176. The first kappa shape index (κ1) is 17.8. The standard InChI is InChI=1S/C22H27N3O3/c26-20-5-1-4-16(21(20)28-11-14-6-7-14)19-9-17(15-3-2-8-23-10-15)18-12-27-13-24-22(18)25-19/h1,4-5,9,14-15,23,26H,2-3,6-8,10-13H2,(H,24,25). The summed E-state index contributed by atoms with van der Waals surface area (Å²) in [7, 11) is 0. The van der Waals surface area contributed by atoms with Crippen molar-refractivity contribution in [1.82, 2.24) is 10.3 Å². The molecule has 6 heteroatoms. The number of anilines is 1. The van der Waals surface area contributed by atoms with Crippen molar-refractivity contribution < 1.29 is 14.6 Å². The fraction of sp³-hybridized carbons (Fsp3) is 0.500. The summed E-state index contributed by atoms with van der Waals surface area (Å²) in [6, 6.07) is 7.70. The number of fused-ring (bicyclic) bond motifs is 1. The largest absolute Gasteiger partial charge is 0.504 e. The molecule has 0 bridgehead atoms. The molecule has 1 atom stereocenters. The maximum absolute atomic E-state index is 10.4. The number of ether oxygens (including phenoxy) is 2. The zero-order chi connectivity index (χ0) is 18.9. The van der Waals surface area contributed by atoms with E-state index in [-0.39, 0.29) is 5.75 Å². The number of hydrogen-bond donors (Lipinski definition) is 3. The molecule has 1 aromatic carbocycles. The summed E-state index contributed by atoms with van der Waals surface area (Å²) in [5.74, 6) is 2.67. The average molecular weight is 381 g/mol. The fourth-order valence-electron chi connectivity index (χ4n) is 4.15. The van der Waals surface area contributed by atoms with E-state index < -0.39 is 0 Å². The molecular weight excluding hydrogens is 354 g/mol. The average Bonchev–Trinajstić information content (AvgIpc) is 3.57. The summed E-state index contributed by atoms with van der Waals surface area (Å²) < 4.78 is 11.7. The molecule has 2 aliphatic heterocycles. The van der Waals surface area contributed by atoms with Crippen LogP contribution in [0.15, 0.2) is 24.3 Å². The molecular formula is C22H27N3O3. The maximum atomic E-state index is 10.4. The zero-order valence-corrected chi connectivity index (χ0v) is 16.0. The van der Waals surface area contributed by atoms with Gasteiger partial charge in [0, 0.05) is 17.7 Å². The number of piperidine rings is 1. The SMILES string of the molecule is Oc1cccc(-c2cc(C3CCCNC3)c3c(n2)NCOC3)c1OCC1CC1. The van der Waals surface area contributed by atoms with Crippen molar-refractivity contribution in [1.29, 1.82) is 0 Å². The van der Waals surface area contributed by atoms with Gasteiger partial charge in [0.15, 0.2) is 11.5 Å². The third-order valence-corrected chi connectivity index (χ3v) is 5.91. The van der Waals surface area contributed by atoms with Gasteiger partial charge in [-0.3, -0.25) is 0 Å². The number of aromatic nitrogens is 1. The quantitative estimate of drug-likeness (QED) is 0.735. The highest BCUT2D eigenvalue weighted by atomic mass is 16.5. The molecule has 0 radical (unpaired) electrons. The van der Waals surface area contributed by atoms with E-state index in [1.165, 1.54) is 24.8 Å². The summed E-state index contributed by atoms with van der Waals surface area (Å²) in [6.07, 6.45) is 4.76. The lowest BCUT2D eigenvalue weighted by Gasteiger charge is -2.29. The third kappa shape index (κ3) is 3.54. The monoisotopic (exact) mass is 381 g/mol. The van der Waals surface area contributed by atoms with Crippen molar-refractivity contribution in [2.75, 3.05) is 31.7 Å². The van der Waals surface area contributed by atoms with Crippen LogP contribution in [0.2, 0.25) is 0 Å². The van der Waals surface area contributed by atoms with Crippen molar-refractivity contribution in [2.45, 2.75) is 38.2 Å². The highest BCUT2D eigenvalue weighted by molar-refractivity contribution is 5.73. The van der Waals surface area contributed by atoms with Crippen molar-refractivity contribution in [3.63, 3.8) is 0 Å². The van der Waals surface area contributed by atoms with Gasteiger partial charge in [0.2, 0.25) is 0 Å². The minimum Gasteiger partial charge on any atom is -0.504 e. The van der Waals surface area contributed by atoms with Gasteiger partial charge in [0.25, 0.3) is 0 Å². The summed E-state index contributed by atoms with van der Waals surface area (Å²) in [4.78, 5) is 4.88. The Morgan fingerprint density at radius 2 is 2.18 bits per heavy atom. The molecule has 3 heterocycles. The van der Waals surface area contributed by atoms with Crippen molar-refractivity contribution in [2.24, 2.45) is 5.92 Å². The second-order valence-corrected chi connectivity index (χ2v) is 8.04. The Morgan fingerprint density at radius 1 is 1.25 bits per heavy atom. The highest BCUT2D eigenvalue weighted by Crippen LogP contribution is 2.41. The van der Waals surface area contributed by atoms with E-state index in [0.717, 1.165) is 42.1 Å². The zero-order valence-electron chi connectivity index (χ0n) is 16.0. The molecule has 3 aliphatic rings. The predicted octanol–water partition coefficient (Wildman–Crippen LogP) is 3.61. The van der Waals surface area contributed by atoms with E-state index in [9.17, 15) is 5.11 Å². The van der Waals surface area contributed by atoms with Gasteiger partial charge >= 0.3 is 0 Å². The number of nitrogens with one attached hydrogen (secondary N) is 2. The third-order valence-electron chi connectivity index (χ3n) is 5.91. The summed E-state index contributed by atoms with van der Waals surface area (Å²) in [5, 5.41) is 17.2. The molecule has 1 aliphatic carbocycles. The molecule has 2 fully saturated rings. The van der Waals surface area contributed by atoms with Crippen LogP contribution in [0.3, 0.4) is 0 Å². The van der Waals surface area contributed by atoms with Gasteiger partial charge in [-0.25, -0.2) is 4.98 Å². The first-order valence-electron chi connectivity index (χ1n) is 10.3. The van der Waals surface area contributed by atoms with Gasteiger partial charge in [-0.15, -0.1) is 0 Å². The van der Waals surface area contributed by atoms with E-state index >= 15 is 0 Å². The Hall–Kier alpha value is -2.31. The van der Waals surface area contributed by atoms with E-state index in [2.05, 4.69) is 16.7 Å². The number of para-hydroxylation sites is 1. The number of benzene rings is 1. The number of phenolic OH excluding ortho intramolecular Hbond substituents is 1. The van der Waals surface area contributed by atoms with E-state index in [4.69, 9.17) is 14.5 Å². The fourth-order valence-corrected chi connectivity index (χ4v) is 4.15. The first-order valence-corrected chi connectivity index (χ1v) is 10.3. The van der Waals surface area contributed by atoms with Crippen LogP contribution >= 0.6 is 0 Å². The number of hydrogen-bond acceptors (Lipinski definition) is 6. The van der Waals surface area contributed by atoms with Gasteiger partial charge in [0.1, 0.15) is 12.5 Å². The lowest BCUT2D eigenvalue weighted by Crippen LogP contribution is -2.30. The first-order chi connectivity index (χ1) is 13.8. The van der Waals surface area contributed by atoms with Crippen LogP contribution < -0.4 is 15.4 Å². The second-order valence-electron chi connectivity index (χ2n) is 8.04. The molecule has 148 valence electrons. The van der Waals surface area contributed by atoms with Crippen LogP contribution in [0.4, 0.5) is 5.82 Å². The van der Waals surface area contributed by atoms with Crippen molar-refractivity contribution in [3.05, 3.63) is 35.4 Å². The van der Waals surface area contributed by atoms with Crippen LogP contribution in [0.25, 0.3) is 11.3 Å². The van der Waals surface area contributed by atoms with E-state index in [1.807, 2.05) is 12.1 Å². The maximum Gasteiger partial charge on any atom is 0.170 e. The van der Waals surface area contributed by atoms with Crippen molar-refractivity contribution >= 4 is 5.82 Å². The second kappa shape index (κ2) is 7.60. The van der Waals surface area contributed by atoms with Crippen LogP contribution in [0.1, 0.15) is 42.7 Å². The minimum atomic E-state index is 0.176. The molecule has 3 N–H and O–H groups in total. The van der Waals surface area contributed by atoms with E-state index in [0.29, 0.717) is 37.5 Å². The molecule has 6 nitrogen and oxygen atoms in total. The van der Waals surface area contributed by atoms with Gasteiger partial charge < -0.3 is 25.2 Å². The van der Waals surface area contributed by atoms with Gasteiger partial charge in [-0.2, -0.15) is 0 Å². The van der Waals surface area contributed by atoms with Crippen LogP contribution in [-0.4, -0.2) is 36.5 Å². The lowest BCUT2D eigenvalue weighted by atomic mass is 9.87.